The van der Waals surface area contributed by atoms with Gasteiger partial charge < -0.3 is 20.2 Å². The Morgan fingerprint density at radius 2 is 1.94 bits per heavy atom. The van der Waals surface area contributed by atoms with Crippen molar-refractivity contribution in [1.29, 1.82) is 0 Å². The molecular weight excluding hydrogens is 260 g/mol. The number of carbonyl (C=O) groups excluding carboxylic acids is 1. The number of thiophene rings is 1. The highest BCUT2D eigenvalue weighted by Crippen LogP contribution is 2.24. The van der Waals surface area contributed by atoms with Crippen LogP contribution in [0, 0.1) is 0 Å². The molecule has 0 radical (unpaired) electrons. The Morgan fingerprint density at radius 1 is 1.33 bits per heavy atom. The molecule has 0 spiro atoms. The Hall–Kier alpha value is -1.64. The van der Waals surface area contributed by atoms with Gasteiger partial charge in [0.25, 0.3) is 0 Å². The Morgan fingerprint density at radius 3 is 2.50 bits per heavy atom. The first-order valence-electron chi connectivity index (χ1n) is 5.22. The summed E-state index contributed by atoms with van der Waals surface area (Å²) in [6.45, 7) is 0.0571. The Balaban J connectivity index is 2.04. The molecule has 7 nitrogen and oxygen atoms in total. The van der Waals surface area contributed by atoms with E-state index in [1.807, 2.05) is 0 Å². The lowest BCUT2D eigenvalue weighted by atomic mass is 10.3. The highest BCUT2D eigenvalue weighted by atomic mass is 32.1. The average Bonchev–Trinajstić information content (AvgIpc) is 2.87. The SMILES string of the molecule is O=C(O)c1ccsc1NC(=O)N1C[C@@H](O)[C@@H](O)C1. The smallest absolute Gasteiger partial charge is 0.338 e. The lowest BCUT2D eigenvalue weighted by Crippen LogP contribution is -2.34. The van der Waals surface area contributed by atoms with Crippen LogP contribution in [0.25, 0.3) is 0 Å². The normalized spacial score (nSPS) is 23.1. The summed E-state index contributed by atoms with van der Waals surface area (Å²) in [5.74, 6) is -1.12. The average molecular weight is 272 g/mol. The van der Waals surface area contributed by atoms with Crippen molar-refractivity contribution in [2.45, 2.75) is 12.2 Å². The maximum Gasteiger partial charge on any atom is 0.338 e. The van der Waals surface area contributed by atoms with Crippen molar-refractivity contribution in [3.8, 4) is 0 Å². The van der Waals surface area contributed by atoms with Gasteiger partial charge in [0.1, 0.15) is 5.00 Å². The number of rotatable bonds is 2. The molecule has 1 aromatic heterocycles. The van der Waals surface area contributed by atoms with E-state index in [0.717, 1.165) is 11.3 Å². The standard InChI is InChI=1S/C10H12N2O5S/c13-6-3-12(4-7(6)14)10(17)11-8-5(9(15)16)1-2-18-8/h1-2,6-7,13-14H,3-4H2,(H,11,17)(H,15,16)/t6-,7+. The summed E-state index contributed by atoms with van der Waals surface area (Å²) in [4.78, 5) is 23.9. The molecule has 98 valence electrons. The fourth-order valence-electron chi connectivity index (χ4n) is 1.69. The molecule has 1 saturated heterocycles. The quantitative estimate of drug-likeness (QED) is 0.606. The molecule has 1 fully saturated rings. The van der Waals surface area contributed by atoms with Crippen molar-refractivity contribution in [3.63, 3.8) is 0 Å². The van der Waals surface area contributed by atoms with Gasteiger partial charge in [0, 0.05) is 0 Å². The summed E-state index contributed by atoms with van der Waals surface area (Å²) in [5.41, 5.74) is 0.0219. The van der Waals surface area contributed by atoms with E-state index in [2.05, 4.69) is 5.32 Å². The highest BCUT2D eigenvalue weighted by Gasteiger charge is 2.33. The number of urea groups is 1. The highest BCUT2D eigenvalue weighted by molar-refractivity contribution is 7.14. The predicted octanol–water partition coefficient (Wildman–Crippen LogP) is 0.0156. The van der Waals surface area contributed by atoms with Gasteiger partial charge in [0.2, 0.25) is 0 Å². The first kappa shape index (κ1) is 12.8. The molecule has 0 unspecified atom stereocenters. The minimum atomic E-state index is -1.12. The lowest BCUT2D eigenvalue weighted by molar-refractivity contribution is 0.0572. The van der Waals surface area contributed by atoms with Crippen LogP contribution in [0.3, 0.4) is 0 Å². The number of hydrogen-bond donors (Lipinski definition) is 4. The summed E-state index contributed by atoms with van der Waals surface area (Å²) < 4.78 is 0. The number of nitrogens with one attached hydrogen (secondary N) is 1. The van der Waals surface area contributed by atoms with Gasteiger partial charge in [-0.1, -0.05) is 0 Å². The molecular formula is C10H12N2O5S. The van der Waals surface area contributed by atoms with Crippen LogP contribution in [0.4, 0.5) is 9.80 Å². The second kappa shape index (κ2) is 4.92. The lowest BCUT2D eigenvalue weighted by Gasteiger charge is -2.15. The van der Waals surface area contributed by atoms with Gasteiger partial charge in [-0.2, -0.15) is 0 Å². The summed E-state index contributed by atoms with van der Waals surface area (Å²) >= 11 is 1.10. The zero-order valence-electron chi connectivity index (χ0n) is 9.24. The van der Waals surface area contributed by atoms with Gasteiger partial charge in [0.05, 0.1) is 30.9 Å². The van der Waals surface area contributed by atoms with Gasteiger partial charge >= 0.3 is 12.0 Å². The number of carboxylic acids is 1. The second-order valence-corrected chi connectivity index (χ2v) is 4.85. The van der Waals surface area contributed by atoms with E-state index >= 15 is 0 Å². The number of carboxylic acid groups (broad SMARTS) is 1. The third kappa shape index (κ3) is 2.45. The van der Waals surface area contributed by atoms with Gasteiger partial charge in [0.15, 0.2) is 0 Å². The summed E-state index contributed by atoms with van der Waals surface area (Å²) in [6.07, 6.45) is -1.92. The van der Waals surface area contributed by atoms with Gasteiger partial charge in [-0.05, 0) is 11.4 Å². The number of β-amino-alcohol motifs (C(OH)–C–C–N with tert-alkyl or cyclic N) is 2. The first-order valence-corrected chi connectivity index (χ1v) is 6.10. The summed E-state index contributed by atoms with van der Waals surface area (Å²) in [7, 11) is 0. The predicted molar refractivity (Wildman–Crippen MR) is 63.9 cm³/mol. The fraction of sp³-hybridized carbons (Fsp3) is 0.400. The number of aliphatic hydroxyl groups excluding tert-OH is 2. The van der Waals surface area contributed by atoms with Gasteiger partial charge in [-0.25, -0.2) is 9.59 Å². The van der Waals surface area contributed by atoms with Gasteiger partial charge in [-0.15, -0.1) is 11.3 Å². The van der Waals surface area contributed by atoms with E-state index in [9.17, 15) is 19.8 Å². The molecule has 8 heteroatoms. The number of nitrogens with zero attached hydrogens (tertiary/aromatic N) is 1. The van der Waals surface area contributed by atoms with Crippen molar-refractivity contribution in [3.05, 3.63) is 17.0 Å². The molecule has 2 amide bonds. The van der Waals surface area contributed by atoms with Crippen molar-refractivity contribution in [2.24, 2.45) is 0 Å². The van der Waals surface area contributed by atoms with Crippen molar-refractivity contribution >= 4 is 28.3 Å². The maximum absolute atomic E-state index is 11.8. The van der Waals surface area contributed by atoms with Crippen LogP contribution < -0.4 is 5.32 Å². The number of aliphatic hydroxyl groups is 2. The fourth-order valence-corrected chi connectivity index (χ4v) is 2.45. The number of anilines is 1. The van der Waals surface area contributed by atoms with E-state index < -0.39 is 24.2 Å². The zero-order valence-corrected chi connectivity index (χ0v) is 10.1. The molecule has 0 aliphatic carbocycles. The Labute approximate surface area is 106 Å². The third-order valence-electron chi connectivity index (χ3n) is 2.66. The molecule has 0 bridgehead atoms. The molecule has 1 aliphatic rings. The van der Waals surface area contributed by atoms with Crippen molar-refractivity contribution in [1.82, 2.24) is 4.90 Å². The monoisotopic (exact) mass is 272 g/mol. The number of likely N-dealkylation sites (tertiary alicyclic amines) is 1. The second-order valence-electron chi connectivity index (χ2n) is 3.94. The summed E-state index contributed by atoms with van der Waals surface area (Å²) in [5, 5.41) is 31.8. The van der Waals surface area contributed by atoms with E-state index in [1.165, 1.54) is 11.0 Å². The molecule has 18 heavy (non-hydrogen) atoms. The van der Waals surface area contributed by atoms with E-state index in [1.54, 1.807) is 5.38 Å². The van der Waals surface area contributed by atoms with Crippen LogP contribution in [0.2, 0.25) is 0 Å². The Bertz CT molecular complexity index is 465. The van der Waals surface area contributed by atoms with E-state index in [0.29, 0.717) is 0 Å². The van der Waals surface area contributed by atoms with Crippen LogP contribution in [0.15, 0.2) is 11.4 Å². The number of amides is 2. The van der Waals surface area contributed by atoms with Crippen molar-refractivity contribution in [2.75, 3.05) is 18.4 Å². The topological polar surface area (TPSA) is 110 Å². The largest absolute Gasteiger partial charge is 0.478 e. The van der Waals surface area contributed by atoms with Crippen LogP contribution in [-0.4, -0.2) is 57.5 Å². The molecule has 1 aliphatic heterocycles. The zero-order chi connectivity index (χ0) is 13.3. The molecule has 0 saturated carbocycles. The molecule has 1 aromatic rings. The molecule has 2 rings (SSSR count). The molecule has 2 atom stereocenters. The van der Waals surface area contributed by atoms with Gasteiger partial charge in [-0.3, -0.25) is 5.32 Å². The van der Waals surface area contributed by atoms with Crippen LogP contribution >= 0.6 is 11.3 Å². The summed E-state index contributed by atoms with van der Waals surface area (Å²) in [6, 6.07) is 0.867. The maximum atomic E-state index is 11.8. The molecule has 4 N–H and O–H groups in total. The third-order valence-corrected chi connectivity index (χ3v) is 3.49. The van der Waals surface area contributed by atoms with E-state index in [4.69, 9.17) is 5.11 Å². The number of aromatic carboxylic acids is 1. The minimum Gasteiger partial charge on any atom is -0.478 e. The van der Waals surface area contributed by atoms with Crippen LogP contribution in [0.5, 0.6) is 0 Å². The van der Waals surface area contributed by atoms with Crippen LogP contribution in [0.1, 0.15) is 10.4 Å². The first-order chi connectivity index (χ1) is 8.49. The molecule has 0 aromatic carbocycles. The van der Waals surface area contributed by atoms with Crippen LogP contribution in [-0.2, 0) is 0 Å². The van der Waals surface area contributed by atoms with Crippen molar-refractivity contribution < 1.29 is 24.9 Å². The number of carbonyl (C=O) groups is 2. The van der Waals surface area contributed by atoms with E-state index in [-0.39, 0.29) is 23.7 Å². The minimum absolute atomic E-state index is 0.0219. The number of hydrogen-bond acceptors (Lipinski definition) is 5. The Kier molecular flexibility index (Phi) is 3.50. The molecule has 2 heterocycles.